The zero-order chi connectivity index (χ0) is 19.5. The number of aromatic nitrogens is 2. The number of amides is 1. The van der Waals surface area contributed by atoms with Gasteiger partial charge in [-0.3, -0.25) is 9.48 Å². The monoisotopic (exact) mass is 376 g/mol. The molecule has 6 nitrogen and oxygen atoms in total. The van der Waals surface area contributed by atoms with Crippen molar-refractivity contribution in [1.82, 2.24) is 15.1 Å². The van der Waals surface area contributed by atoms with Crippen molar-refractivity contribution in [3.63, 3.8) is 0 Å². The Bertz CT molecular complexity index is 982. The summed E-state index contributed by atoms with van der Waals surface area (Å²) in [6.45, 7) is 1.45. The third-order valence-corrected chi connectivity index (χ3v) is 5.25. The zero-order valence-electron chi connectivity index (χ0n) is 16.1. The summed E-state index contributed by atoms with van der Waals surface area (Å²) >= 11 is 0. The number of aryl methyl sites for hydroxylation is 1. The van der Waals surface area contributed by atoms with Crippen molar-refractivity contribution in [2.45, 2.75) is 5.92 Å². The number of rotatable bonds is 5. The second kappa shape index (κ2) is 7.86. The lowest BCUT2D eigenvalue weighted by Crippen LogP contribution is -2.28. The van der Waals surface area contributed by atoms with Crippen LogP contribution in [0.2, 0.25) is 0 Å². The molecule has 144 valence electrons. The van der Waals surface area contributed by atoms with Gasteiger partial charge in [-0.2, -0.15) is 5.10 Å². The van der Waals surface area contributed by atoms with Crippen LogP contribution in [-0.2, 0) is 11.8 Å². The Morgan fingerprint density at radius 3 is 2.86 bits per heavy atom. The van der Waals surface area contributed by atoms with Crippen LogP contribution in [0.15, 0.2) is 60.9 Å². The van der Waals surface area contributed by atoms with E-state index in [1.807, 2.05) is 68.0 Å². The minimum absolute atomic E-state index is 0.0241. The molecule has 1 aliphatic rings. The number of nitrogens with one attached hydrogen (secondary N) is 2. The lowest BCUT2D eigenvalue weighted by atomic mass is 9.90. The van der Waals surface area contributed by atoms with Gasteiger partial charge in [-0.15, -0.1) is 0 Å². The molecule has 0 aliphatic carbocycles. The fraction of sp³-hybridized carbons (Fsp3) is 0.273. The molecule has 28 heavy (non-hydrogen) atoms. The van der Waals surface area contributed by atoms with Crippen LogP contribution in [0.25, 0.3) is 11.1 Å². The summed E-state index contributed by atoms with van der Waals surface area (Å²) in [5.74, 6) is 0.837. The molecule has 2 heterocycles. The minimum atomic E-state index is -0.126. The van der Waals surface area contributed by atoms with E-state index < -0.39 is 0 Å². The average molecular weight is 376 g/mol. The van der Waals surface area contributed by atoms with E-state index in [1.54, 1.807) is 11.8 Å². The average Bonchev–Trinajstić information content (AvgIpc) is 3.37. The molecule has 1 amide bonds. The van der Waals surface area contributed by atoms with Gasteiger partial charge in [0.1, 0.15) is 5.75 Å². The van der Waals surface area contributed by atoms with Gasteiger partial charge in [0, 0.05) is 43.5 Å². The molecule has 0 bridgehead atoms. The van der Waals surface area contributed by atoms with Crippen LogP contribution in [0.4, 0.5) is 5.69 Å². The number of nitrogens with zero attached hydrogens (tertiary/aromatic N) is 2. The van der Waals surface area contributed by atoms with Gasteiger partial charge in [-0.25, -0.2) is 0 Å². The molecular weight excluding hydrogens is 352 g/mol. The topological polar surface area (TPSA) is 68.2 Å². The molecule has 4 rings (SSSR count). The van der Waals surface area contributed by atoms with E-state index in [2.05, 4.69) is 15.7 Å². The van der Waals surface area contributed by atoms with E-state index in [9.17, 15) is 4.79 Å². The number of para-hydroxylation sites is 1. The van der Waals surface area contributed by atoms with Gasteiger partial charge in [0.2, 0.25) is 5.91 Å². The standard InChI is InChI=1S/C22H24N4O2/c1-26-14-16(11-24-26)19-12-23-13-20(19)22(27)25-17-7-5-6-15(10-17)18-8-3-4-9-21(18)28-2/h3-11,14,19-20,23H,12-13H2,1-2H3,(H,25,27)/t19-,20+/m1/s1. The molecule has 1 aliphatic heterocycles. The Morgan fingerprint density at radius 1 is 1.21 bits per heavy atom. The first-order valence-corrected chi connectivity index (χ1v) is 9.39. The van der Waals surface area contributed by atoms with E-state index >= 15 is 0 Å². The van der Waals surface area contributed by atoms with Gasteiger partial charge in [-0.1, -0.05) is 30.3 Å². The number of carbonyl (C=O) groups excluding carboxylic acids is 1. The fourth-order valence-electron chi connectivity index (χ4n) is 3.82. The first-order valence-electron chi connectivity index (χ1n) is 9.39. The fourth-order valence-corrected chi connectivity index (χ4v) is 3.82. The van der Waals surface area contributed by atoms with Gasteiger partial charge in [-0.05, 0) is 29.3 Å². The van der Waals surface area contributed by atoms with Crippen molar-refractivity contribution in [3.05, 3.63) is 66.5 Å². The van der Waals surface area contributed by atoms with Crippen molar-refractivity contribution in [3.8, 4) is 16.9 Å². The van der Waals surface area contributed by atoms with Crippen molar-refractivity contribution >= 4 is 11.6 Å². The highest BCUT2D eigenvalue weighted by atomic mass is 16.5. The zero-order valence-corrected chi connectivity index (χ0v) is 16.1. The van der Waals surface area contributed by atoms with Gasteiger partial charge in [0.05, 0.1) is 19.2 Å². The molecule has 0 saturated carbocycles. The maximum absolute atomic E-state index is 13.0. The number of ether oxygens (including phenoxy) is 1. The minimum Gasteiger partial charge on any atom is -0.496 e. The number of hydrogen-bond acceptors (Lipinski definition) is 4. The van der Waals surface area contributed by atoms with Crippen LogP contribution >= 0.6 is 0 Å². The molecule has 0 unspecified atom stereocenters. The number of carbonyl (C=O) groups is 1. The Balaban J connectivity index is 1.53. The van der Waals surface area contributed by atoms with Crippen LogP contribution in [0, 0.1) is 5.92 Å². The quantitative estimate of drug-likeness (QED) is 0.718. The maximum Gasteiger partial charge on any atom is 0.229 e. The van der Waals surface area contributed by atoms with Crippen LogP contribution < -0.4 is 15.4 Å². The summed E-state index contributed by atoms with van der Waals surface area (Å²) in [5, 5.41) is 10.7. The van der Waals surface area contributed by atoms with Crippen molar-refractivity contribution in [2.75, 3.05) is 25.5 Å². The van der Waals surface area contributed by atoms with Gasteiger partial charge in [0.25, 0.3) is 0 Å². The summed E-state index contributed by atoms with van der Waals surface area (Å²) in [6.07, 6.45) is 3.83. The van der Waals surface area contributed by atoms with Crippen LogP contribution in [0.5, 0.6) is 5.75 Å². The third-order valence-electron chi connectivity index (χ3n) is 5.25. The molecule has 3 aromatic rings. The normalized spacial score (nSPS) is 18.8. The molecule has 0 spiro atoms. The van der Waals surface area contributed by atoms with Gasteiger partial charge >= 0.3 is 0 Å². The Labute approximate surface area is 164 Å². The molecular formula is C22H24N4O2. The number of benzene rings is 2. The smallest absolute Gasteiger partial charge is 0.229 e. The summed E-state index contributed by atoms with van der Waals surface area (Å²) in [5.41, 5.74) is 3.88. The van der Waals surface area contributed by atoms with Crippen LogP contribution in [-0.4, -0.2) is 35.9 Å². The summed E-state index contributed by atoms with van der Waals surface area (Å²) in [7, 11) is 3.56. The predicted molar refractivity (Wildman–Crippen MR) is 109 cm³/mol. The van der Waals surface area contributed by atoms with Crippen molar-refractivity contribution < 1.29 is 9.53 Å². The van der Waals surface area contributed by atoms with E-state index in [0.717, 1.165) is 34.7 Å². The summed E-state index contributed by atoms with van der Waals surface area (Å²) in [4.78, 5) is 13.0. The molecule has 0 radical (unpaired) electrons. The molecule has 1 fully saturated rings. The first kappa shape index (κ1) is 18.3. The molecule has 1 saturated heterocycles. The van der Waals surface area contributed by atoms with Crippen molar-refractivity contribution in [1.29, 1.82) is 0 Å². The molecule has 2 N–H and O–H groups in total. The van der Waals surface area contributed by atoms with Crippen LogP contribution in [0.1, 0.15) is 11.5 Å². The molecule has 6 heteroatoms. The lowest BCUT2D eigenvalue weighted by molar-refractivity contribution is -0.119. The maximum atomic E-state index is 13.0. The van der Waals surface area contributed by atoms with Crippen molar-refractivity contribution in [2.24, 2.45) is 13.0 Å². The highest BCUT2D eigenvalue weighted by molar-refractivity contribution is 5.94. The molecule has 2 atom stereocenters. The number of anilines is 1. The van der Waals surface area contributed by atoms with E-state index in [4.69, 9.17) is 4.74 Å². The SMILES string of the molecule is COc1ccccc1-c1cccc(NC(=O)[C@H]2CNC[C@@H]2c2cnn(C)c2)c1. The Morgan fingerprint density at radius 2 is 2.07 bits per heavy atom. The first-order chi connectivity index (χ1) is 13.7. The van der Waals surface area contributed by atoms with E-state index in [0.29, 0.717) is 6.54 Å². The highest BCUT2D eigenvalue weighted by Gasteiger charge is 2.34. The molecule has 1 aromatic heterocycles. The van der Waals surface area contributed by atoms with Gasteiger partial charge < -0.3 is 15.4 Å². The summed E-state index contributed by atoms with van der Waals surface area (Å²) < 4.78 is 7.24. The molecule has 2 aromatic carbocycles. The summed E-state index contributed by atoms with van der Waals surface area (Å²) in [6, 6.07) is 15.7. The highest BCUT2D eigenvalue weighted by Crippen LogP contribution is 2.32. The van der Waals surface area contributed by atoms with E-state index in [1.165, 1.54) is 0 Å². The third kappa shape index (κ3) is 3.64. The van der Waals surface area contributed by atoms with Gasteiger partial charge in [0.15, 0.2) is 0 Å². The lowest BCUT2D eigenvalue weighted by Gasteiger charge is -2.17. The second-order valence-corrected chi connectivity index (χ2v) is 7.09. The second-order valence-electron chi connectivity index (χ2n) is 7.09. The van der Waals surface area contributed by atoms with E-state index in [-0.39, 0.29) is 17.7 Å². The predicted octanol–water partition coefficient (Wildman–Crippen LogP) is 3.04. The Hall–Kier alpha value is -3.12. The Kier molecular flexibility index (Phi) is 5.12. The largest absolute Gasteiger partial charge is 0.496 e. The number of hydrogen-bond donors (Lipinski definition) is 2. The van der Waals surface area contributed by atoms with Crippen LogP contribution in [0.3, 0.4) is 0 Å². The number of methoxy groups -OCH3 is 1.